The lowest BCUT2D eigenvalue weighted by molar-refractivity contribution is -0.139. The van der Waals surface area contributed by atoms with Crippen LogP contribution >= 0.6 is 12.0 Å². The Morgan fingerprint density at radius 3 is 2.28 bits per heavy atom. The molecule has 0 saturated heterocycles. The predicted octanol–water partition coefficient (Wildman–Crippen LogP) is 0.566. The van der Waals surface area contributed by atoms with Gasteiger partial charge >= 0.3 is 5.97 Å². The van der Waals surface area contributed by atoms with Crippen LogP contribution in [0.15, 0.2) is 0 Å². The van der Waals surface area contributed by atoms with E-state index in [9.17, 15) is 14.4 Å². The maximum atomic E-state index is 11.7. The summed E-state index contributed by atoms with van der Waals surface area (Å²) in [4.78, 5) is 34.2. The molecule has 0 aliphatic carbocycles. The number of carboxylic acid groups (broad SMARTS) is 1. The van der Waals surface area contributed by atoms with E-state index in [1.807, 2.05) is 13.8 Å². The highest BCUT2D eigenvalue weighted by Crippen LogP contribution is 2.14. The molecule has 0 spiro atoms. The minimum Gasteiger partial charge on any atom is -0.480 e. The highest BCUT2D eigenvalue weighted by Gasteiger charge is 2.16. The zero-order valence-corrected chi connectivity index (χ0v) is 18.4. The number of unbranched alkanes of at least 4 members (excludes halogenated alkanes) is 1. The van der Waals surface area contributed by atoms with Gasteiger partial charge in [0.15, 0.2) is 0 Å². The summed E-state index contributed by atoms with van der Waals surface area (Å²) in [5.41, 5.74) is 2.02. The van der Waals surface area contributed by atoms with Gasteiger partial charge in [0, 0.05) is 45.2 Å². The number of hydrazine groups is 1. The van der Waals surface area contributed by atoms with E-state index in [1.165, 1.54) is 12.0 Å². The molecule has 0 aromatic carbocycles. The Bertz CT molecular complexity index is 493. The Morgan fingerprint density at radius 2 is 1.72 bits per heavy atom. The number of methoxy groups -OCH3 is 1. The molecule has 29 heavy (non-hydrogen) atoms. The summed E-state index contributed by atoms with van der Waals surface area (Å²) < 4.78 is 10.7. The van der Waals surface area contributed by atoms with Gasteiger partial charge in [-0.05, 0) is 45.2 Å². The van der Waals surface area contributed by atoms with Gasteiger partial charge in [0.25, 0.3) is 0 Å². The van der Waals surface area contributed by atoms with Gasteiger partial charge in [-0.1, -0.05) is 0 Å². The van der Waals surface area contributed by atoms with Crippen molar-refractivity contribution >= 4 is 29.8 Å². The number of carboxylic acids is 1. The van der Waals surface area contributed by atoms with Crippen molar-refractivity contribution in [1.29, 1.82) is 0 Å². The van der Waals surface area contributed by atoms with Gasteiger partial charge in [-0.15, -0.1) is 0 Å². The highest BCUT2D eigenvalue weighted by atomic mass is 32.2. The molecule has 170 valence electrons. The van der Waals surface area contributed by atoms with Crippen molar-refractivity contribution in [2.75, 3.05) is 32.6 Å². The van der Waals surface area contributed by atoms with Crippen LogP contribution in [0.3, 0.4) is 0 Å². The van der Waals surface area contributed by atoms with E-state index >= 15 is 0 Å². The number of hydrogen-bond acceptors (Lipinski definition) is 8. The first-order chi connectivity index (χ1) is 13.7. The van der Waals surface area contributed by atoms with E-state index in [2.05, 4.69) is 16.1 Å². The van der Waals surface area contributed by atoms with Gasteiger partial charge in [0.2, 0.25) is 11.8 Å². The molecule has 1 atom stereocenters. The van der Waals surface area contributed by atoms with Crippen molar-refractivity contribution in [2.45, 2.75) is 64.0 Å². The predicted molar refractivity (Wildman–Crippen MR) is 112 cm³/mol. The van der Waals surface area contributed by atoms with Gasteiger partial charge in [-0.2, -0.15) is 0 Å². The van der Waals surface area contributed by atoms with Crippen LogP contribution in [0.2, 0.25) is 0 Å². The van der Waals surface area contributed by atoms with Crippen molar-refractivity contribution in [2.24, 2.45) is 5.84 Å². The third-order valence-corrected chi connectivity index (χ3v) is 4.96. The number of hydrogen-bond donors (Lipinski definition) is 5. The Labute approximate surface area is 177 Å². The molecule has 0 aromatic heterocycles. The average molecular weight is 437 g/mol. The second-order valence-corrected chi connectivity index (χ2v) is 7.99. The van der Waals surface area contributed by atoms with E-state index in [1.54, 1.807) is 7.11 Å². The third-order valence-electron chi connectivity index (χ3n) is 4.25. The molecule has 1 unspecified atom stereocenters. The van der Waals surface area contributed by atoms with Crippen LogP contribution in [0.25, 0.3) is 0 Å². The number of aliphatic carboxylic acids is 1. The fourth-order valence-corrected chi connectivity index (χ4v) is 2.63. The van der Waals surface area contributed by atoms with Crippen molar-refractivity contribution in [3.63, 3.8) is 0 Å². The van der Waals surface area contributed by atoms with Crippen LogP contribution < -0.4 is 21.9 Å². The number of carbonyl (C=O) groups excluding carboxylic acids is 2. The molecule has 0 saturated carbocycles. The quantitative estimate of drug-likeness (QED) is 0.0898. The summed E-state index contributed by atoms with van der Waals surface area (Å²) in [6.07, 6.45) is 2.66. The molecule has 2 amide bonds. The highest BCUT2D eigenvalue weighted by molar-refractivity contribution is 7.94. The van der Waals surface area contributed by atoms with Crippen LogP contribution in [-0.4, -0.2) is 67.1 Å². The summed E-state index contributed by atoms with van der Waals surface area (Å²) in [6, 6.07) is -0.782. The monoisotopic (exact) mass is 436 g/mol. The van der Waals surface area contributed by atoms with Crippen LogP contribution in [0, 0.1) is 0 Å². The molecule has 0 rings (SSSR count). The molecule has 0 radical (unpaired) electrons. The average Bonchev–Trinajstić information content (AvgIpc) is 2.68. The number of rotatable bonds is 18. The van der Waals surface area contributed by atoms with Crippen LogP contribution in [-0.2, 0) is 23.3 Å². The maximum Gasteiger partial charge on any atom is 0.322 e. The molecule has 0 heterocycles. The second-order valence-electron chi connectivity index (χ2n) is 7.11. The van der Waals surface area contributed by atoms with E-state index in [0.29, 0.717) is 44.7 Å². The van der Waals surface area contributed by atoms with E-state index in [4.69, 9.17) is 19.9 Å². The number of carbonyl (C=O) groups is 3. The Morgan fingerprint density at radius 1 is 1.10 bits per heavy atom. The number of ether oxygens (including phenoxy) is 1. The van der Waals surface area contributed by atoms with E-state index in [-0.39, 0.29) is 30.3 Å². The lowest BCUT2D eigenvalue weighted by Gasteiger charge is -2.22. The molecule has 6 N–H and O–H groups in total. The zero-order valence-electron chi connectivity index (χ0n) is 17.6. The molecular weight excluding hydrogens is 400 g/mol. The summed E-state index contributed by atoms with van der Waals surface area (Å²) in [6.45, 7) is 5.46. The zero-order chi connectivity index (χ0) is 22.1. The molecular formula is C18H36N4O6S. The van der Waals surface area contributed by atoms with Gasteiger partial charge < -0.3 is 24.7 Å². The van der Waals surface area contributed by atoms with Gasteiger partial charge in [-0.25, -0.2) is 5.43 Å². The smallest absolute Gasteiger partial charge is 0.322 e. The third kappa shape index (κ3) is 16.1. The Hall–Kier alpha value is -1.40. The largest absolute Gasteiger partial charge is 0.480 e. The normalized spacial score (nSPS) is 12.4. The molecule has 10 nitrogen and oxygen atoms in total. The van der Waals surface area contributed by atoms with Gasteiger partial charge in [0.1, 0.15) is 6.04 Å². The van der Waals surface area contributed by atoms with Gasteiger partial charge in [0.05, 0.1) is 12.2 Å². The Kier molecular flexibility index (Phi) is 15.6. The first kappa shape index (κ1) is 27.6. The number of nitrogens with two attached hydrogens (primary N) is 1. The van der Waals surface area contributed by atoms with Crippen LogP contribution in [0.4, 0.5) is 0 Å². The summed E-state index contributed by atoms with van der Waals surface area (Å²) in [7, 11) is 1.67. The van der Waals surface area contributed by atoms with Crippen LogP contribution in [0.1, 0.15) is 52.4 Å². The lowest BCUT2D eigenvalue weighted by atomic mass is 10.1. The minimum absolute atomic E-state index is 0.115. The number of amides is 2. The first-order valence-electron chi connectivity index (χ1n) is 9.73. The first-order valence-corrected chi connectivity index (χ1v) is 10.6. The molecule has 0 aliphatic heterocycles. The summed E-state index contributed by atoms with van der Waals surface area (Å²) in [5.74, 6) is 4.38. The van der Waals surface area contributed by atoms with Crippen LogP contribution in [0.5, 0.6) is 0 Å². The number of nitrogens with one attached hydrogen (secondary N) is 3. The fraction of sp³-hybridized carbons (Fsp3) is 0.833. The molecule has 0 fully saturated rings. The van der Waals surface area contributed by atoms with E-state index < -0.39 is 12.0 Å². The SMILES string of the molecule is COC(C)(C)CCOSCCNC(=O)CCC(=O)NCCCCC(NN)C(=O)O. The molecule has 11 heteroatoms. The van der Waals surface area contributed by atoms with Crippen molar-refractivity contribution < 1.29 is 28.4 Å². The topological polar surface area (TPSA) is 152 Å². The second kappa shape index (κ2) is 16.4. The van der Waals surface area contributed by atoms with Crippen molar-refractivity contribution in [3.8, 4) is 0 Å². The summed E-state index contributed by atoms with van der Waals surface area (Å²) >= 11 is 1.29. The summed E-state index contributed by atoms with van der Waals surface area (Å²) in [5, 5.41) is 14.3. The fourth-order valence-electron chi connectivity index (χ4n) is 2.12. The van der Waals surface area contributed by atoms with Crippen molar-refractivity contribution in [1.82, 2.24) is 16.1 Å². The minimum atomic E-state index is -0.998. The molecule has 0 bridgehead atoms. The molecule has 0 aliphatic rings. The molecule has 0 aromatic rings. The standard InChI is InChI=1S/C18H36N4O6S/c1-18(2,27-3)9-12-28-29-13-11-21-16(24)8-7-15(23)20-10-5-4-6-14(22-19)17(25)26/h14,22H,4-13,19H2,1-3H3,(H,20,23)(H,21,24)(H,25,26). The Balaban J connectivity index is 3.58. The lowest BCUT2D eigenvalue weighted by Crippen LogP contribution is -2.41. The van der Waals surface area contributed by atoms with E-state index in [0.717, 1.165) is 6.42 Å². The van der Waals surface area contributed by atoms with Crippen molar-refractivity contribution in [3.05, 3.63) is 0 Å². The van der Waals surface area contributed by atoms with Gasteiger partial charge in [-0.3, -0.25) is 20.2 Å². The maximum absolute atomic E-state index is 11.7.